The summed E-state index contributed by atoms with van der Waals surface area (Å²) in [6.45, 7) is 0. The normalized spacial score (nSPS) is 19.4. The molecule has 12 heavy (non-hydrogen) atoms. The average molecular weight is 168 g/mol. The van der Waals surface area contributed by atoms with E-state index < -0.39 is 0 Å². The zero-order valence-corrected chi connectivity index (χ0v) is 6.80. The Morgan fingerprint density at radius 1 is 1.67 bits per heavy atom. The van der Waals surface area contributed by atoms with Gasteiger partial charge in [0.15, 0.2) is 0 Å². The Bertz CT molecular complexity index is 322. The molecule has 1 saturated carbocycles. The topological polar surface area (TPSA) is 72.0 Å². The number of nitrogens with one attached hydrogen (secondary N) is 1. The molecule has 0 unspecified atom stereocenters. The molecule has 1 heterocycles. The zero-order valence-electron chi connectivity index (χ0n) is 6.80. The molecular weight excluding hydrogens is 156 g/mol. The molecule has 0 radical (unpaired) electrons. The molecule has 1 aromatic rings. The summed E-state index contributed by atoms with van der Waals surface area (Å²) in [7, 11) is 0. The fourth-order valence-electron chi connectivity index (χ4n) is 1.25. The largest absolute Gasteiger partial charge is 0.360 e. The number of rotatable bonds is 3. The van der Waals surface area contributed by atoms with Crippen molar-refractivity contribution in [3.8, 4) is 0 Å². The van der Waals surface area contributed by atoms with Crippen molar-refractivity contribution in [3.05, 3.63) is 22.2 Å². The molecule has 1 aliphatic rings. The van der Waals surface area contributed by atoms with E-state index in [1.807, 2.05) is 0 Å². The van der Waals surface area contributed by atoms with Crippen molar-refractivity contribution in [1.29, 1.82) is 0 Å². The molecule has 0 bridgehead atoms. The molecule has 66 valence electrons. The first-order valence-electron chi connectivity index (χ1n) is 4.14. The van der Waals surface area contributed by atoms with Crippen LogP contribution in [0.15, 0.2) is 15.5 Å². The van der Waals surface area contributed by atoms with E-state index in [1.165, 1.54) is 0 Å². The first-order chi connectivity index (χ1) is 5.70. The summed E-state index contributed by atoms with van der Waals surface area (Å²) < 4.78 is 4.53. The molecule has 0 spiro atoms. The van der Waals surface area contributed by atoms with Gasteiger partial charge in [0.1, 0.15) is 0 Å². The predicted molar refractivity (Wildman–Crippen MR) is 43.8 cm³/mol. The second kappa shape index (κ2) is 2.48. The van der Waals surface area contributed by atoms with E-state index in [0.717, 1.165) is 25.7 Å². The standard InChI is InChI=1S/C8H12N2O2/c9-8(3-4-8)2-1-6-5-10-12-7(6)11/h5,10H,1-4,9H2. The SMILES string of the molecule is NC1(CCc2c[nH]oc2=O)CC1. The molecule has 1 fully saturated rings. The highest BCUT2D eigenvalue weighted by Gasteiger charge is 2.37. The fraction of sp³-hybridized carbons (Fsp3) is 0.625. The second-order valence-corrected chi connectivity index (χ2v) is 3.54. The third-order valence-corrected chi connectivity index (χ3v) is 2.43. The van der Waals surface area contributed by atoms with E-state index in [1.54, 1.807) is 6.20 Å². The van der Waals surface area contributed by atoms with Gasteiger partial charge < -0.3 is 10.3 Å². The molecule has 4 nitrogen and oxygen atoms in total. The van der Waals surface area contributed by atoms with Crippen molar-refractivity contribution in [3.63, 3.8) is 0 Å². The minimum Gasteiger partial charge on any atom is -0.339 e. The lowest BCUT2D eigenvalue weighted by atomic mass is 10.1. The number of hydrogen-bond acceptors (Lipinski definition) is 3. The molecule has 2 rings (SSSR count). The lowest BCUT2D eigenvalue weighted by Gasteiger charge is -2.04. The van der Waals surface area contributed by atoms with Gasteiger partial charge >= 0.3 is 5.63 Å². The highest BCUT2D eigenvalue weighted by Crippen LogP contribution is 2.36. The maximum Gasteiger partial charge on any atom is 0.360 e. The summed E-state index contributed by atoms with van der Waals surface area (Å²) >= 11 is 0. The Balaban J connectivity index is 1.96. The van der Waals surface area contributed by atoms with Crippen molar-refractivity contribution in [2.45, 2.75) is 31.2 Å². The molecule has 0 amide bonds. The van der Waals surface area contributed by atoms with Crippen LogP contribution < -0.4 is 11.4 Å². The molecule has 0 atom stereocenters. The summed E-state index contributed by atoms with van der Waals surface area (Å²) in [4.78, 5) is 10.9. The molecule has 0 saturated heterocycles. The minimum absolute atomic E-state index is 0.0176. The molecule has 4 heteroatoms. The van der Waals surface area contributed by atoms with Crippen molar-refractivity contribution in [2.24, 2.45) is 5.73 Å². The third kappa shape index (κ3) is 1.43. The van der Waals surface area contributed by atoms with Crippen molar-refractivity contribution < 1.29 is 4.52 Å². The first kappa shape index (κ1) is 7.61. The molecule has 0 aliphatic heterocycles. The first-order valence-corrected chi connectivity index (χ1v) is 4.14. The van der Waals surface area contributed by atoms with Gasteiger partial charge in [0, 0.05) is 11.7 Å². The van der Waals surface area contributed by atoms with Crippen LogP contribution in [0.1, 0.15) is 24.8 Å². The van der Waals surface area contributed by atoms with Gasteiger partial charge in [-0.05, 0) is 25.7 Å². The molecule has 0 aromatic carbocycles. The van der Waals surface area contributed by atoms with Crippen LogP contribution in [0.25, 0.3) is 0 Å². The maximum absolute atomic E-state index is 10.9. The maximum atomic E-state index is 10.9. The van der Waals surface area contributed by atoms with E-state index in [0.29, 0.717) is 5.56 Å². The fourth-order valence-corrected chi connectivity index (χ4v) is 1.25. The number of nitrogens with two attached hydrogens (primary N) is 1. The van der Waals surface area contributed by atoms with Gasteiger partial charge in [-0.15, -0.1) is 0 Å². The average Bonchev–Trinajstić information content (AvgIpc) is 2.61. The van der Waals surface area contributed by atoms with Gasteiger partial charge in [0.2, 0.25) is 0 Å². The van der Waals surface area contributed by atoms with Crippen LogP contribution >= 0.6 is 0 Å². The second-order valence-electron chi connectivity index (χ2n) is 3.54. The summed E-state index contributed by atoms with van der Waals surface area (Å²) in [5, 5.41) is 2.43. The smallest absolute Gasteiger partial charge is 0.339 e. The van der Waals surface area contributed by atoms with Gasteiger partial charge in [-0.25, -0.2) is 9.95 Å². The van der Waals surface area contributed by atoms with E-state index in [-0.39, 0.29) is 11.2 Å². The van der Waals surface area contributed by atoms with E-state index in [9.17, 15) is 4.79 Å². The van der Waals surface area contributed by atoms with Crippen molar-refractivity contribution in [2.75, 3.05) is 0 Å². The van der Waals surface area contributed by atoms with Crippen molar-refractivity contribution >= 4 is 0 Å². The minimum atomic E-state index is -0.265. The van der Waals surface area contributed by atoms with Gasteiger partial charge in [0.05, 0.1) is 5.56 Å². The molecule has 1 aromatic heterocycles. The summed E-state index contributed by atoms with van der Waals surface area (Å²) in [6.07, 6.45) is 5.39. The molecule has 3 N–H and O–H groups in total. The number of aromatic nitrogens is 1. The summed E-state index contributed by atoms with van der Waals surface area (Å²) in [5.74, 6) is 0. The van der Waals surface area contributed by atoms with Gasteiger partial charge in [-0.3, -0.25) is 0 Å². The highest BCUT2D eigenvalue weighted by atomic mass is 16.5. The summed E-state index contributed by atoms with van der Waals surface area (Å²) in [6, 6.07) is 0. The van der Waals surface area contributed by atoms with E-state index >= 15 is 0 Å². The highest BCUT2D eigenvalue weighted by molar-refractivity contribution is 5.06. The van der Waals surface area contributed by atoms with Crippen LogP contribution in [0.4, 0.5) is 0 Å². The number of hydrogen-bond donors (Lipinski definition) is 2. The number of aromatic amines is 1. The van der Waals surface area contributed by atoms with Crippen LogP contribution in [0.5, 0.6) is 0 Å². The summed E-state index contributed by atoms with van der Waals surface area (Å²) in [5.41, 5.74) is 6.32. The van der Waals surface area contributed by atoms with Crippen molar-refractivity contribution in [1.82, 2.24) is 5.16 Å². The molecule has 1 aliphatic carbocycles. The lowest BCUT2D eigenvalue weighted by molar-refractivity contribution is 0.389. The van der Waals surface area contributed by atoms with Crippen LogP contribution in [0.3, 0.4) is 0 Å². The Labute approximate surface area is 69.7 Å². The van der Waals surface area contributed by atoms with E-state index in [2.05, 4.69) is 9.68 Å². The van der Waals surface area contributed by atoms with Gasteiger partial charge in [0.25, 0.3) is 0 Å². The Kier molecular flexibility index (Phi) is 1.58. The van der Waals surface area contributed by atoms with Crippen LogP contribution in [-0.4, -0.2) is 10.7 Å². The van der Waals surface area contributed by atoms with Gasteiger partial charge in [-0.2, -0.15) is 0 Å². The predicted octanol–water partition coefficient (Wildman–Crippen LogP) is 0.392. The van der Waals surface area contributed by atoms with Gasteiger partial charge in [-0.1, -0.05) is 0 Å². The quantitative estimate of drug-likeness (QED) is 0.685. The lowest BCUT2D eigenvalue weighted by Crippen LogP contribution is -2.22. The Morgan fingerprint density at radius 3 is 2.92 bits per heavy atom. The monoisotopic (exact) mass is 168 g/mol. The number of aryl methyl sites for hydroxylation is 1. The Hall–Kier alpha value is -1.03. The Morgan fingerprint density at radius 2 is 2.42 bits per heavy atom. The van der Waals surface area contributed by atoms with Crippen LogP contribution in [-0.2, 0) is 6.42 Å². The number of H-pyrrole nitrogens is 1. The van der Waals surface area contributed by atoms with Crippen LogP contribution in [0, 0.1) is 0 Å². The van der Waals surface area contributed by atoms with E-state index in [4.69, 9.17) is 5.73 Å². The molecular formula is C8H12N2O2. The zero-order chi connectivity index (χ0) is 8.60. The third-order valence-electron chi connectivity index (χ3n) is 2.43. The van der Waals surface area contributed by atoms with Crippen LogP contribution in [0.2, 0.25) is 0 Å².